The molecule has 31 heavy (non-hydrogen) atoms. The van der Waals surface area contributed by atoms with Crippen molar-refractivity contribution in [2.75, 3.05) is 5.32 Å². The smallest absolute Gasteiger partial charge is 0.307 e. The molecule has 0 saturated heterocycles. The van der Waals surface area contributed by atoms with Gasteiger partial charge in [-0.3, -0.25) is 14.6 Å². The number of H-pyrrole nitrogens is 1. The molecule has 0 bridgehead atoms. The number of halogens is 5. The van der Waals surface area contributed by atoms with Crippen LogP contribution in [0.5, 0.6) is 0 Å². The number of amides is 1. The Morgan fingerprint density at radius 1 is 1.29 bits per heavy atom. The first-order valence-corrected chi connectivity index (χ1v) is 9.85. The highest BCUT2D eigenvalue weighted by molar-refractivity contribution is 6.00. The third-order valence-electron chi connectivity index (χ3n) is 5.66. The third-order valence-corrected chi connectivity index (χ3v) is 5.66. The number of fused-ring (bicyclic) bond motifs is 2. The van der Waals surface area contributed by atoms with E-state index in [-0.39, 0.29) is 29.6 Å². The summed E-state index contributed by atoms with van der Waals surface area (Å²) in [5, 5.41) is 13.2. The van der Waals surface area contributed by atoms with E-state index in [0.29, 0.717) is 35.0 Å². The van der Waals surface area contributed by atoms with Crippen molar-refractivity contribution in [1.29, 1.82) is 0 Å². The fraction of sp³-hybridized carbons (Fsp3) is 0.474. The fourth-order valence-corrected chi connectivity index (χ4v) is 4.16. The molecule has 1 amide bonds. The minimum absolute atomic E-state index is 0.0529. The van der Waals surface area contributed by atoms with Crippen molar-refractivity contribution in [2.24, 2.45) is 0 Å². The summed E-state index contributed by atoms with van der Waals surface area (Å²) < 4.78 is 67.2. The van der Waals surface area contributed by atoms with Crippen molar-refractivity contribution in [1.82, 2.24) is 25.0 Å². The van der Waals surface area contributed by atoms with Gasteiger partial charge in [-0.15, -0.1) is 0 Å². The van der Waals surface area contributed by atoms with Crippen LogP contribution in [0.15, 0.2) is 6.07 Å². The normalized spacial score (nSPS) is 16.3. The Balaban J connectivity index is 1.44. The molecule has 0 unspecified atom stereocenters. The number of carbonyl (C=O) groups is 1. The summed E-state index contributed by atoms with van der Waals surface area (Å²) in [6.07, 6.45) is -4.06. The van der Waals surface area contributed by atoms with Gasteiger partial charge in [0, 0.05) is 11.3 Å². The molecule has 0 aromatic carbocycles. The zero-order valence-corrected chi connectivity index (χ0v) is 16.1. The minimum Gasteiger partial charge on any atom is -0.307 e. The minimum atomic E-state index is -4.60. The first-order valence-electron chi connectivity index (χ1n) is 9.85. The van der Waals surface area contributed by atoms with Gasteiger partial charge in [-0.1, -0.05) is 0 Å². The molecule has 0 aliphatic heterocycles. The quantitative estimate of drug-likeness (QED) is 0.585. The van der Waals surface area contributed by atoms with E-state index >= 15 is 0 Å². The number of hydrogen-bond donors (Lipinski definition) is 2. The van der Waals surface area contributed by atoms with E-state index < -0.39 is 24.2 Å². The van der Waals surface area contributed by atoms with Crippen molar-refractivity contribution in [2.45, 2.75) is 57.2 Å². The third kappa shape index (κ3) is 3.53. The molecule has 3 heterocycles. The van der Waals surface area contributed by atoms with Gasteiger partial charge in [-0.05, 0) is 49.7 Å². The van der Waals surface area contributed by atoms with E-state index in [2.05, 4.69) is 25.6 Å². The number of alkyl halides is 5. The van der Waals surface area contributed by atoms with Gasteiger partial charge in [0.25, 0.3) is 6.43 Å². The van der Waals surface area contributed by atoms with Gasteiger partial charge in [0.15, 0.2) is 11.5 Å². The number of hydrogen-bond acceptors (Lipinski definition) is 4. The van der Waals surface area contributed by atoms with E-state index in [0.717, 1.165) is 25.3 Å². The second-order valence-electron chi connectivity index (χ2n) is 7.84. The summed E-state index contributed by atoms with van der Waals surface area (Å²) >= 11 is 0. The number of nitrogens with one attached hydrogen (secondary N) is 2. The molecule has 2 N–H and O–H groups in total. The lowest BCUT2D eigenvalue weighted by Crippen LogP contribution is -2.21. The van der Waals surface area contributed by atoms with Crippen LogP contribution in [0.25, 0.3) is 11.0 Å². The second-order valence-corrected chi connectivity index (χ2v) is 7.84. The number of pyridine rings is 1. The average Bonchev–Trinajstić information content (AvgIpc) is 3.13. The Labute approximate surface area is 172 Å². The predicted molar refractivity (Wildman–Crippen MR) is 98.7 cm³/mol. The highest BCUT2D eigenvalue weighted by Gasteiger charge is 2.37. The zero-order chi connectivity index (χ0) is 21.9. The number of aromatic amines is 1. The molecule has 164 valence electrons. The van der Waals surface area contributed by atoms with Gasteiger partial charge in [-0.2, -0.15) is 23.4 Å². The molecule has 0 radical (unpaired) electrons. The number of aromatic nitrogens is 5. The molecule has 3 aromatic rings. The molecule has 5 rings (SSSR count). The first kappa shape index (κ1) is 19.9. The average molecular weight is 440 g/mol. The Hall–Kier alpha value is -3.05. The van der Waals surface area contributed by atoms with Crippen LogP contribution in [0.3, 0.4) is 0 Å². The zero-order valence-electron chi connectivity index (χ0n) is 16.1. The lowest BCUT2D eigenvalue weighted by Gasteiger charge is -2.10. The molecule has 3 aromatic heterocycles. The molecule has 0 atom stereocenters. The van der Waals surface area contributed by atoms with Crippen molar-refractivity contribution in [3.05, 3.63) is 34.3 Å². The molecular formula is C19H17F5N6O. The maximum Gasteiger partial charge on any atom is 0.433 e. The summed E-state index contributed by atoms with van der Waals surface area (Å²) in [6.45, 7) is -0.295. The summed E-state index contributed by atoms with van der Waals surface area (Å²) in [6, 6.07) is 1.00. The molecule has 12 heteroatoms. The topological polar surface area (TPSA) is 88.5 Å². The summed E-state index contributed by atoms with van der Waals surface area (Å²) in [5.41, 5.74) is 0.161. The molecule has 2 aliphatic carbocycles. The largest absolute Gasteiger partial charge is 0.433 e. The monoisotopic (exact) mass is 440 g/mol. The van der Waals surface area contributed by atoms with E-state index in [9.17, 15) is 26.7 Å². The van der Waals surface area contributed by atoms with Crippen molar-refractivity contribution in [3.63, 3.8) is 0 Å². The van der Waals surface area contributed by atoms with E-state index in [4.69, 9.17) is 0 Å². The first-order chi connectivity index (χ1) is 14.7. The summed E-state index contributed by atoms with van der Waals surface area (Å²) in [5.74, 6) is -0.545. The highest BCUT2D eigenvalue weighted by Crippen LogP contribution is 2.46. The van der Waals surface area contributed by atoms with Gasteiger partial charge < -0.3 is 5.32 Å². The summed E-state index contributed by atoms with van der Waals surface area (Å²) in [7, 11) is 0. The Kier molecular flexibility index (Phi) is 4.48. The standard InChI is InChI=1S/C19H17F5N6O/c20-16(21)15-9-2-1-3-11(9)30(29-15)7-13(31)26-18-14-10(8-4-5-8)6-12(19(22,23)24)25-17(14)27-28-18/h6,8,16H,1-5,7H2,(H2,25,26,27,28,31). The van der Waals surface area contributed by atoms with Crippen molar-refractivity contribution in [3.8, 4) is 0 Å². The van der Waals surface area contributed by atoms with E-state index in [1.165, 1.54) is 4.68 Å². The van der Waals surface area contributed by atoms with Crippen LogP contribution in [0.1, 0.15) is 59.8 Å². The number of anilines is 1. The maximum absolute atomic E-state index is 13.2. The Morgan fingerprint density at radius 2 is 2.06 bits per heavy atom. The van der Waals surface area contributed by atoms with Crippen LogP contribution < -0.4 is 5.32 Å². The van der Waals surface area contributed by atoms with Crippen LogP contribution in [-0.2, 0) is 30.4 Å². The Bertz CT molecular complexity index is 1180. The van der Waals surface area contributed by atoms with Crippen LogP contribution >= 0.6 is 0 Å². The molecule has 1 fully saturated rings. The van der Waals surface area contributed by atoms with Crippen LogP contribution in [-0.4, -0.2) is 30.9 Å². The molecule has 2 aliphatic rings. The molecule has 1 saturated carbocycles. The Morgan fingerprint density at radius 3 is 2.74 bits per heavy atom. The van der Waals surface area contributed by atoms with Crippen molar-refractivity contribution < 1.29 is 26.7 Å². The number of nitrogens with zero attached hydrogens (tertiary/aromatic N) is 4. The molecule has 7 nitrogen and oxygen atoms in total. The van der Waals surface area contributed by atoms with Gasteiger partial charge in [0.1, 0.15) is 17.9 Å². The van der Waals surface area contributed by atoms with E-state index in [1.807, 2.05) is 0 Å². The second kappa shape index (κ2) is 6.99. The lowest BCUT2D eigenvalue weighted by atomic mass is 10.1. The van der Waals surface area contributed by atoms with Gasteiger partial charge >= 0.3 is 6.18 Å². The van der Waals surface area contributed by atoms with Crippen molar-refractivity contribution >= 4 is 22.8 Å². The molecular weight excluding hydrogens is 423 g/mol. The van der Waals surface area contributed by atoms with Gasteiger partial charge in [0.05, 0.1) is 5.39 Å². The fourth-order valence-electron chi connectivity index (χ4n) is 4.16. The van der Waals surface area contributed by atoms with Crippen LogP contribution in [0, 0.1) is 0 Å². The van der Waals surface area contributed by atoms with Gasteiger partial charge in [-0.25, -0.2) is 13.8 Å². The lowest BCUT2D eigenvalue weighted by molar-refractivity contribution is -0.141. The van der Waals surface area contributed by atoms with Crippen LogP contribution in [0.2, 0.25) is 0 Å². The van der Waals surface area contributed by atoms with Crippen LogP contribution in [0.4, 0.5) is 27.8 Å². The highest BCUT2D eigenvalue weighted by atomic mass is 19.4. The maximum atomic E-state index is 13.2. The number of rotatable bonds is 5. The number of carbonyl (C=O) groups excluding carboxylic acids is 1. The summed E-state index contributed by atoms with van der Waals surface area (Å²) in [4.78, 5) is 16.2. The molecule has 0 spiro atoms. The predicted octanol–water partition coefficient (Wildman–Crippen LogP) is 4.12. The van der Waals surface area contributed by atoms with E-state index in [1.54, 1.807) is 0 Å². The SMILES string of the molecule is O=C(Cn1nc(C(F)F)c2c1CCC2)Nc1n[nH]c2nc(C(F)(F)F)cc(C3CC3)c12. The van der Waals surface area contributed by atoms with Gasteiger partial charge in [0.2, 0.25) is 5.91 Å².